The van der Waals surface area contributed by atoms with Crippen molar-refractivity contribution in [3.63, 3.8) is 0 Å². The van der Waals surface area contributed by atoms with E-state index < -0.39 is 36.9 Å². The zero-order valence-electron chi connectivity index (χ0n) is 16.2. The average molecular weight is 402 g/mol. The summed E-state index contributed by atoms with van der Waals surface area (Å²) in [6, 6.07) is 4.86. The van der Waals surface area contributed by atoms with E-state index in [4.69, 9.17) is 14.2 Å². The molecule has 3 amide bonds. The molecule has 2 aliphatic rings. The molecule has 0 radical (unpaired) electrons. The van der Waals surface area contributed by atoms with Gasteiger partial charge in [0.05, 0.1) is 31.7 Å². The maximum Gasteiger partial charge on any atom is 0.326 e. The molecule has 1 aromatic carbocycles. The molecule has 9 heteroatoms. The molecule has 1 fully saturated rings. The van der Waals surface area contributed by atoms with Crippen molar-refractivity contribution in [1.82, 2.24) is 4.90 Å². The molecule has 1 heterocycles. The van der Waals surface area contributed by atoms with Gasteiger partial charge in [-0.3, -0.25) is 24.1 Å². The van der Waals surface area contributed by atoms with Crippen LogP contribution >= 0.6 is 0 Å². The number of amides is 3. The second kappa shape index (κ2) is 8.76. The molecule has 154 valence electrons. The van der Waals surface area contributed by atoms with Gasteiger partial charge in [-0.1, -0.05) is 12.2 Å². The van der Waals surface area contributed by atoms with Crippen LogP contribution in [0.4, 0.5) is 5.69 Å². The molecule has 0 spiro atoms. The number of nitrogens with zero attached hydrogens (tertiary/aromatic N) is 1. The Bertz CT molecular complexity index is 838. The van der Waals surface area contributed by atoms with E-state index in [1.165, 1.54) is 14.2 Å². The third kappa shape index (κ3) is 4.39. The minimum atomic E-state index is -0.828. The smallest absolute Gasteiger partial charge is 0.326 e. The van der Waals surface area contributed by atoms with E-state index in [1.807, 2.05) is 12.2 Å². The van der Waals surface area contributed by atoms with Crippen molar-refractivity contribution >= 4 is 29.4 Å². The fourth-order valence-electron chi connectivity index (χ4n) is 3.44. The van der Waals surface area contributed by atoms with Crippen molar-refractivity contribution in [3.05, 3.63) is 30.4 Å². The van der Waals surface area contributed by atoms with Crippen molar-refractivity contribution in [2.45, 2.75) is 12.8 Å². The number of benzene rings is 1. The molecule has 1 N–H and O–H groups in total. The van der Waals surface area contributed by atoms with Crippen LogP contribution in [-0.4, -0.2) is 56.0 Å². The van der Waals surface area contributed by atoms with Crippen LogP contribution in [0.25, 0.3) is 0 Å². The summed E-state index contributed by atoms with van der Waals surface area (Å²) in [5.41, 5.74) is 0.356. The normalized spacial score (nSPS) is 20.3. The van der Waals surface area contributed by atoms with E-state index in [9.17, 15) is 19.2 Å². The first-order valence-corrected chi connectivity index (χ1v) is 9.12. The Morgan fingerprint density at radius 1 is 1.07 bits per heavy atom. The topological polar surface area (TPSA) is 111 Å². The highest BCUT2D eigenvalue weighted by molar-refractivity contribution is 6.07. The number of carbonyl (C=O) groups excluding carboxylic acids is 4. The van der Waals surface area contributed by atoms with Gasteiger partial charge in [-0.2, -0.15) is 0 Å². The molecule has 0 aromatic heterocycles. The highest BCUT2D eigenvalue weighted by atomic mass is 16.5. The minimum Gasteiger partial charge on any atom is -0.497 e. The Balaban J connectivity index is 1.53. The van der Waals surface area contributed by atoms with Gasteiger partial charge in [0.1, 0.15) is 18.0 Å². The van der Waals surface area contributed by atoms with Crippen molar-refractivity contribution in [2.24, 2.45) is 11.8 Å². The summed E-state index contributed by atoms with van der Waals surface area (Å²) in [6.45, 7) is -1.07. The Morgan fingerprint density at radius 2 is 1.72 bits per heavy atom. The summed E-state index contributed by atoms with van der Waals surface area (Å²) in [5.74, 6) is -2.06. The fourth-order valence-corrected chi connectivity index (χ4v) is 3.44. The summed E-state index contributed by atoms with van der Waals surface area (Å²) < 4.78 is 15.2. The van der Waals surface area contributed by atoms with Crippen molar-refractivity contribution < 1.29 is 33.4 Å². The summed E-state index contributed by atoms with van der Waals surface area (Å²) in [6.07, 6.45) is 4.72. The van der Waals surface area contributed by atoms with E-state index in [1.54, 1.807) is 18.2 Å². The lowest BCUT2D eigenvalue weighted by molar-refractivity contribution is -0.154. The minimum absolute atomic E-state index is 0.356. The number of likely N-dealkylation sites (tertiary alicyclic amines) is 1. The molecule has 0 unspecified atom stereocenters. The van der Waals surface area contributed by atoms with Gasteiger partial charge in [0.2, 0.25) is 11.8 Å². The summed E-state index contributed by atoms with van der Waals surface area (Å²) in [5, 5.41) is 2.57. The molecule has 0 saturated carbocycles. The number of nitrogens with one attached hydrogen (secondary N) is 1. The van der Waals surface area contributed by atoms with Gasteiger partial charge >= 0.3 is 5.97 Å². The Hall–Kier alpha value is -3.36. The Labute approximate surface area is 167 Å². The molecular weight excluding hydrogens is 380 g/mol. The summed E-state index contributed by atoms with van der Waals surface area (Å²) in [4.78, 5) is 49.8. The van der Waals surface area contributed by atoms with E-state index in [-0.39, 0.29) is 11.8 Å². The highest BCUT2D eigenvalue weighted by Gasteiger charge is 2.47. The number of esters is 1. The van der Waals surface area contributed by atoms with E-state index in [0.29, 0.717) is 30.0 Å². The SMILES string of the molecule is COc1ccc(OC)c(NC(=O)COC(=O)CN2C(=O)[C@H]3CC=CC[C@H]3C2=O)c1. The van der Waals surface area contributed by atoms with E-state index in [2.05, 4.69) is 5.32 Å². The van der Waals surface area contributed by atoms with Crippen LogP contribution in [0.5, 0.6) is 11.5 Å². The van der Waals surface area contributed by atoms with Crippen LogP contribution in [0.2, 0.25) is 0 Å². The van der Waals surface area contributed by atoms with Crippen LogP contribution in [0.15, 0.2) is 30.4 Å². The quantitative estimate of drug-likeness (QED) is 0.413. The van der Waals surface area contributed by atoms with Crippen LogP contribution in [0.1, 0.15) is 12.8 Å². The first kappa shape index (κ1) is 20.4. The highest BCUT2D eigenvalue weighted by Crippen LogP contribution is 2.34. The van der Waals surface area contributed by atoms with Crippen LogP contribution in [0.3, 0.4) is 0 Å². The first-order chi connectivity index (χ1) is 13.9. The molecule has 29 heavy (non-hydrogen) atoms. The predicted octanol–water partition coefficient (Wildman–Crippen LogP) is 1.14. The van der Waals surface area contributed by atoms with Gasteiger partial charge in [0, 0.05) is 6.07 Å². The number of ether oxygens (including phenoxy) is 3. The zero-order chi connectivity index (χ0) is 21.0. The first-order valence-electron chi connectivity index (χ1n) is 9.12. The van der Waals surface area contributed by atoms with Crippen LogP contribution in [0, 0.1) is 11.8 Å². The third-order valence-electron chi connectivity index (χ3n) is 4.93. The lowest BCUT2D eigenvalue weighted by Gasteiger charge is -2.14. The zero-order valence-corrected chi connectivity index (χ0v) is 16.2. The molecular formula is C20H22N2O7. The molecule has 1 aromatic rings. The fraction of sp³-hybridized carbons (Fsp3) is 0.400. The Kier molecular flexibility index (Phi) is 6.16. The number of hydrogen-bond donors (Lipinski definition) is 1. The molecule has 9 nitrogen and oxygen atoms in total. The van der Waals surface area contributed by atoms with Gasteiger partial charge in [-0.25, -0.2) is 0 Å². The van der Waals surface area contributed by atoms with Gasteiger partial charge < -0.3 is 19.5 Å². The summed E-state index contributed by atoms with van der Waals surface area (Å²) in [7, 11) is 2.94. The Morgan fingerprint density at radius 3 is 2.31 bits per heavy atom. The monoisotopic (exact) mass is 402 g/mol. The van der Waals surface area contributed by atoms with E-state index >= 15 is 0 Å². The number of fused-ring (bicyclic) bond motifs is 1. The maximum absolute atomic E-state index is 12.4. The van der Waals surface area contributed by atoms with Crippen molar-refractivity contribution in [2.75, 3.05) is 32.7 Å². The second-order valence-electron chi connectivity index (χ2n) is 6.69. The maximum atomic E-state index is 12.4. The standard InChI is InChI=1S/C20H22N2O7/c1-27-12-7-8-16(28-2)15(9-12)21-17(23)11-29-18(24)10-22-19(25)13-5-3-4-6-14(13)20(22)26/h3-4,7-9,13-14H,5-6,10-11H2,1-2H3,(H,21,23)/t13-,14+. The van der Waals surface area contributed by atoms with Crippen LogP contribution in [-0.2, 0) is 23.9 Å². The molecule has 1 saturated heterocycles. The van der Waals surface area contributed by atoms with Crippen LogP contribution < -0.4 is 14.8 Å². The number of rotatable bonds is 7. The van der Waals surface area contributed by atoms with Gasteiger partial charge in [0.25, 0.3) is 5.91 Å². The van der Waals surface area contributed by atoms with Gasteiger partial charge in [0.15, 0.2) is 6.61 Å². The largest absolute Gasteiger partial charge is 0.497 e. The predicted molar refractivity (Wildman–Crippen MR) is 101 cm³/mol. The number of allylic oxidation sites excluding steroid dienone is 2. The molecule has 0 bridgehead atoms. The number of anilines is 1. The average Bonchev–Trinajstić information content (AvgIpc) is 2.97. The second-order valence-corrected chi connectivity index (χ2v) is 6.69. The van der Waals surface area contributed by atoms with Crippen molar-refractivity contribution in [1.29, 1.82) is 0 Å². The van der Waals surface area contributed by atoms with Gasteiger partial charge in [-0.05, 0) is 25.0 Å². The lowest BCUT2D eigenvalue weighted by atomic mass is 9.85. The molecule has 3 rings (SSSR count). The third-order valence-corrected chi connectivity index (χ3v) is 4.93. The summed E-state index contributed by atoms with van der Waals surface area (Å²) >= 11 is 0. The molecule has 1 aliphatic heterocycles. The number of imide groups is 1. The lowest BCUT2D eigenvalue weighted by Crippen LogP contribution is -2.37. The van der Waals surface area contributed by atoms with E-state index in [0.717, 1.165) is 4.90 Å². The number of hydrogen-bond acceptors (Lipinski definition) is 7. The molecule has 2 atom stereocenters. The number of methoxy groups -OCH3 is 2. The van der Waals surface area contributed by atoms with Crippen molar-refractivity contribution in [3.8, 4) is 11.5 Å². The van der Waals surface area contributed by atoms with Gasteiger partial charge in [-0.15, -0.1) is 0 Å². The number of carbonyl (C=O) groups is 4. The molecule has 1 aliphatic carbocycles.